The summed E-state index contributed by atoms with van der Waals surface area (Å²) in [5.74, 6) is 0. The molecule has 0 saturated heterocycles. The van der Waals surface area contributed by atoms with E-state index in [2.05, 4.69) is 58.3 Å². The lowest BCUT2D eigenvalue weighted by atomic mass is 9.83. The van der Waals surface area contributed by atoms with E-state index >= 15 is 0 Å². The Balaban J connectivity index is 3.00. The van der Waals surface area contributed by atoms with Crippen molar-refractivity contribution in [3.05, 3.63) is 35.5 Å². The van der Waals surface area contributed by atoms with Crippen LogP contribution in [0.5, 0.6) is 0 Å². The lowest BCUT2D eigenvalue weighted by Crippen LogP contribution is -2.09. The third-order valence-electron chi connectivity index (χ3n) is 2.65. The lowest BCUT2D eigenvalue weighted by Gasteiger charge is -2.22. The van der Waals surface area contributed by atoms with Gasteiger partial charge in [0.2, 0.25) is 4.86 Å². The summed E-state index contributed by atoms with van der Waals surface area (Å²) in [6.45, 7) is 8.98. The third kappa shape index (κ3) is 2.65. The summed E-state index contributed by atoms with van der Waals surface area (Å²) in [7, 11) is 0. The quantitative estimate of drug-likeness (QED) is 0.422. The molecule has 0 spiro atoms. The molecule has 76 valence electrons. The van der Waals surface area contributed by atoms with Gasteiger partial charge in [-0.25, -0.2) is 0 Å². The van der Waals surface area contributed by atoms with Crippen LogP contribution in [0.2, 0.25) is 0 Å². The van der Waals surface area contributed by atoms with E-state index in [0.717, 1.165) is 0 Å². The Morgan fingerprint density at radius 2 is 1.57 bits per heavy atom. The fourth-order valence-corrected chi connectivity index (χ4v) is 1.68. The lowest BCUT2D eigenvalue weighted by molar-refractivity contribution is 0.501. The zero-order valence-corrected chi connectivity index (χ0v) is 10.5. The molecular weight excluding hydrogens is 188 g/mol. The van der Waals surface area contributed by atoms with E-state index in [1.807, 2.05) is 0 Å². The minimum atomic E-state index is 0.265. The van der Waals surface area contributed by atoms with E-state index in [0.29, 0.717) is 0 Å². The maximum Gasteiger partial charge on any atom is 0.224 e. The van der Waals surface area contributed by atoms with Crippen LogP contribution < -0.4 is 0 Å². The first-order valence-corrected chi connectivity index (χ1v) is 6.16. The summed E-state index contributed by atoms with van der Waals surface area (Å²) in [6.07, 6.45) is 10.9. The first kappa shape index (κ1) is 11.4. The van der Waals surface area contributed by atoms with Gasteiger partial charge in [0.1, 0.15) is 0 Å². The van der Waals surface area contributed by atoms with Crippen molar-refractivity contribution in [2.45, 2.75) is 27.7 Å². The van der Waals surface area contributed by atoms with Gasteiger partial charge in [0.05, 0.1) is 0 Å². The molecule has 0 aromatic carbocycles. The van der Waals surface area contributed by atoms with Crippen LogP contribution in [0.15, 0.2) is 35.5 Å². The van der Waals surface area contributed by atoms with Gasteiger partial charge < -0.3 is 0 Å². The molecule has 0 unspecified atom stereocenters. The Kier molecular flexibility index (Phi) is 3.43. The molecule has 0 atom stereocenters. The van der Waals surface area contributed by atoms with E-state index in [4.69, 9.17) is 0 Å². The highest BCUT2D eigenvalue weighted by Crippen LogP contribution is 2.29. The Hall–Kier alpha value is -0.690. The van der Waals surface area contributed by atoms with E-state index < -0.39 is 0 Å². The molecule has 0 fully saturated rings. The van der Waals surface area contributed by atoms with Crippen molar-refractivity contribution in [2.75, 3.05) is 6.26 Å². The monoisotopic (exact) mass is 207 g/mol. The molecule has 0 aromatic heterocycles. The van der Waals surface area contributed by atoms with E-state index in [-0.39, 0.29) is 5.41 Å². The van der Waals surface area contributed by atoms with Crippen LogP contribution in [0.25, 0.3) is 0 Å². The molecule has 0 N–H and O–H groups in total. The SMILES string of the molecule is C[S+]=C1C=CC(=C(C)C(C)(C)C)C=C1. The second kappa shape index (κ2) is 4.22. The number of allylic oxidation sites excluding steroid dienone is 6. The van der Waals surface area contributed by atoms with Crippen molar-refractivity contribution in [1.82, 2.24) is 0 Å². The topological polar surface area (TPSA) is 0 Å². The Morgan fingerprint density at radius 3 is 1.93 bits per heavy atom. The summed E-state index contributed by atoms with van der Waals surface area (Å²) in [4.78, 5) is 1.33. The van der Waals surface area contributed by atoms with Crippen LogP contribution in [0.4, 0.5) is 0 Å². The van der Waals surface area contributed by atoms with Crippen molar-refractivity contribution in [2.24, 2.45) is 5.41 Å². The molecule has 0 aromatic rings. The summed E-state index contributed by atoms with van der Waals surface area (Å²) in [6, 6.07) is 0. The van der Waals surface area contributed by atoms with Crippen molar-refractivity contribution >= 4 is 16.2 Å². The molecule has 1 aliphatic rings. The first-order chi connectivity index (χ1) is 6.45. The van der Waals surface area contributed by atoms with Crippen LogP contribution in [-0.4, -0.2) is 11.1 Å². The second-order valence-corrected chi connectivity index (χ2v) is 5.48. The van der Waals surface area contributed by atoms with Gasteiger partial charge in [-0.15, -0.1) is 0 Å². The molecule has 14 heavy (non-hydrogen) atoms. The molecule has 0 nitrogen and oxygen atoms in total. The minimum absolute atomic E-state index is 0.265. The molecule has 0 radical (unpaired) electrons. The highest BCUT2D eigenvalue weighted by molar-refractivity contribution is 7.78. The zero-order valence-electron chi connectivity index (χ0n) is 9.72. The van der Waals surface area contributed by atoms with Gasteiger partial charge in [-0.2, -0.15) is 0 Å². The summed E-state index contributed by atoms with van der Waals surface area (Å²) in [5, 5.41) is 0. The van der Waals surface area contributed by atoms with Crippen LogP contribution in [-0.2, 0) is 11.4 Å². The molecular formula is C13H19S+. The molecule has 1 rings (SSSR count). The van der Waals surface area contributed by atoms with Gasteiger partial charge in [-0.3, -0.25) is 0 Å². The molecule has 1 heteroatoms. The summed E-state index contributed by atoms with van der Waals surface area (Å²) < 4.78 is 0. The Morgan fingerprint density at radius 1 is 1.07 bits per heavy atom. The second-order valence-electron chi connectivity index (χ2n) is 4.60. The van der Waals surface area contributed by atoms with Gasteiger partial charge in [0.15, 0.2) is 17.6 Å². The standard InChI is InChI=1S/C13H19S/c1-10(13(2,3)4)11-6-8-12(14-5)9-7-11/h6-9H,1-5H3/q+1. The molecule has 0 amide bonds. The van der Waals surface area contributed by atoms with Crippen molar-refractivity contribution in [3.8, 4) is 0 Å². The van der Waals surface area contributed by atoms with Crippen LogP contribution >= 0.6 is 0 Å². The number of rotatable bonds is 0. The first-order valence-electron chi connectivity index (χ1n) is 4.93. The normalized spacial score (nSPS) is 16.1. The van der Waals surface area contributed by atoms with Gasteiger partial charge in [0.25, 0.3) is 0 Å². The zero-order chi connectivity index (χ0) is 10.8. The molecule has 0 saturated carbocycles. The predicted octanol–water partition coefficient (Wildman–Crippen LogP) is 3.36. The smallest absolute Gasteiger partial charge is 0.0607 e. The summed E-state index contributed by atoms with van der Waals surface area (Å²) >= 11 is 1.79. The van der Waals surface area contributed by atoms with Gasteiger partial charge >= 0.3 is 0 Å². The van der Waals surface area contributed by atoms with Crippen molar-refractivity contribution in [1.29, 1.82) is 0 Å². The Labute approximate surface area is 91.4 Å². The molecule has 0 bridgehead atoms. The molecule has 0 heterocycles. The molecule has 0 aliphatic heterocycles. The van der Waals surface area contributed by atoms with Gasteiger partial charge in [-0.05, 0) is 30.1 Å². The van der Waals surface area contributed by atoms with Crippen LogP contribution in [0.3, 0.4) is 0 Å². The highest BCUT2D eigenvalue weighted by atomic mass is 32.1. The predicted molar refractivity (Wildman–Crippen MR) is 68.7 cm³/mol. The van der Waals surface area contributed by atoms with Crippen molar-refractivity contribution in [3.63, 3.8) is 0 Å². The minimum Gasteiger partial charge on any atom is -0.0607 e. The largest absolute Gasteiger partial charge is 0.224 e. The van der Waals surface area contributed by atoms with Crippen LogP contribution in [0, 0.1) is 5.41 Å². The summed E-state index contributed by atoms with van der Waals surface area (Å²) in [5.41, 5.74) is 3.07. The highest BCUT2D eigenvalue weighted by Gasteiger charge is 2.16. The average Bonchev–Trinajstić information content (AvgIpc) is 2.15. The van der Waals surface area contributed by atoms with Crippen molar-refractivity contribution < 1.29 is 0 Å². The molecule has 1 aliphatic carbocycles. The number of hydrogen-bond acceptors (Lipinski definition) is 0. The maximum absolute atomic E-state index is 2.25. The number of hydrogen-bond donors (Lipinski definition) is 0. The third-order valence-corrected chi connectivity index (χ3v) is 3.39. The van der Waals surface area contributed by atoms with Gasteiger partial charge in [0, 0.05) is 12.2 Å². The average molecular weight is 207 g/mol. The van der Waals surface area contributed by atoms with E-state index in [9.17, 15) is 0 Å². The van der Waals surface area contributed by atoms with Crippen LogP contribution in [0.1, 0.15) is 27.7 Å². The fourth-order valence-electron chi connectivity index (χ4n) is 1.27. The van der Waals surface area contributed by atoms with E-state index in [1.165, 1.54) is 16.0 Å². The van der Waals surface area contributed by atoms with E-state index in [1.54, 1.807) is 11.4 Å². The maximum atomic E-state index is 2.25. The Bertz CT molecular complexity index is 315. The van der Waals surface area contributed by atoms with Gasteiger partial charge in [-0.1, -0.05) is 26.3 Å². The fraction of sp³-hybridized carbons (Fsp3) is 0.462.